The van der Waals surface area contributed by atoms with E-state index in [1.54, 1.807) is 30.7 Å². The van der Waals surface area contributed by atoms with E-state index < -0.39 is 0 Å². The number of pyridine rings is 1. The number of carbonyl (C=O) groups is 1. The summed E-state index contributed by atoms with van der Waals surface area (Å²) in [5.74, 6) is 1.61. The van der Waals surface area contributed by atoms with Crippen LogP contribution in [0, 0.1) is 0 Å². The van der Waals surface area contributed by atoms with Crippen molar-refractivity contribution in [2.75, 3.05) is 5.32 Å². The van der Waals surface area contributed by atoms with Crippen LogP contribution in [0.4, 0.5) is 5.95 Å². The van der Waals surface area contributed by atoms with E-state index in [0.717, 1.165) is 41.1 Å². The Balaban J connectivity index is 1.25. The number of nitrogens with one attached hydrogen (secondary N) is 1. The smallest absolute Gasteiger partial charge is 0.222 e. The number of rotatable bonds is 9. The molecule has 0 aromatic carbocycles. The predicted octanol–water partition coefficient (Wildman–Crippen LogP) is 5.00. The van der Waals surface area contributed by atoms with Gasteiger partial charge in [0.25, 0.3) is 0 Å². The molecule has 7 nitrogen and oxygen atoms in total. The van der Waals surface area contributed by atoms with Gasteiger partial charge in [-0.05, 0) is 43.9 Å². The van der Waals surface area contributed by atoms with Crippen LogP contribution in [0.5, 0.6) is 0 Å². The predicted molar refractivity (Wildman–Crippen MR) is 124 cm³/mol. The molecular weight excluding hydrogens is 402 g/mol. The quantitative estimate of drug-likeness (QED) is 0.476. The summed E-state index contributed by atoms with van der Waals surface area (Å²) in [5, 5.41) is 7.37. The topological polar surface area (TPSA) is 93.8 Å². The average molecular weight is 432 g/mol. The van der Waals surface area contributed by atoms with Gasteiger partial charge in [-0.15, -0.1) is 0 Å². The first-order chi connectivity index (χ1) is 15.4. The van der Waals surface area contributed by atoms with Gasteiger partial charge in [0.05, 0.1) is 11.4 Å². The molecule has 1 saturated carbocycles. The number of aryl methyl sites for hydroxylation is 1. The third-order valence-corrected chi connectivity index (χ3v) is 5.28. The summed E-state index contributed by atoms with van der Waals surface area (Å²) >= 11 is 0. The van der Waals surface area contributed by atoms with E-state index in [1.807, 2.05) is 18.2 Å². The fourth-order valence-corrected chi connectivity index (χ4v) is 3.13. The maximum atomic E-state index is 12.2. The van der Waals surface area contributed by atoms with E-state index in [9.17, 15) is 4.79 Å². The molecule has 166 valence electrons. The SMILES string of the molecule is CC(C)(C)c1cc(CCCC(=O)/C=C/c2ccc(-c3cnc(NC4CC4)nc3)cn2)no1. The normalized spacial score (nSPS) is 14.1. The molecular formula is C25H29N5O2. The molecule has 1 aliphatic carbocycles. The summed E-state index contributed by atoms with van der Waals surface area (Å²) in [6.07, 6.45) is 13.0. The average Bonchev–Trinajstić information content (AvgIpc) is 3.45. The first-order valence-corrected chi connectivity index (χ1v) is 11.1. The van der Waals surface area contributed by atoms with E-state index in [2.05, 4.69) is 46.2 Å². The molecule has 0 atom stereocenters. The third kappa shape index (κ3) is 6.09. The molecule has 7 heteroatoms. The second-order valence-electron chi connectivity index (χ2n) is 9.27. The van der Waals surface area contributed by atoms with Crippen molar-refractivity contribution in [2.45, 2.75) is 64.3 Å². The molecule has 0 spiro atoms. The number of hydrogen-bond donors (Lipinski definition) is 1. The van der Waals surface area contributed by atoms with Crippen molar-refractivity contribution in [3.8, 4) is 11.1 Å². The van der Waals surface area contributed by atoms with Crippen molar-refractivity contribution in [1.82, 2.24) is 20.1 Å². The fourth-order valence-electron chi connectivity index (χ4n) is 3.13. The highest BCUT2D eigenvalue weighted by atomic mass is 16.5. The highest BCUT2D eigenvalue weighted by Gasteiger charge is 2.21. The standard InChI is InChI=1S/C25H29N5O2/c1-25(2,3)23-13-21(30-32-23)5-4-6-22(31)12-11-19-8-7-17(14-26-19)18-15-27-24(28-16-18)29-20-9-10-20/h7-8,11-16,20H,4-6,9-10H2,1-3H3,(H,27,28,29)/b12-11+. The highest BCUT2D eigenvalue weighted by Crippen LogP contribution is 2.24. The molecule has 0 radical (unpaired) electrons. The molecule has 1 aliphatic rings. The van der Waals surface area contributed by atoms with Crippen molar-refractivity contribution < 1.29 is 9.32 Å². The van der Waals surface area contributed by atoms with Crippen molar-refractivity contribution >= 4 is 17.8 Å². The summed E-state index contributed by atoms with van der Waals surface area (Å²) in [4.78, 5) is 25.3. The number of ketones is 1. The molecule has 0 bridgehead atoms. The van der Waals surface area contributed by atoms with Crippen LogP contribution in [-0.2, 0) is 16.6 Å². The second-order valence-corrected chi connectivity index (χ2v) is 9.27. The van der Waals surface area contributed by atoms with Crippen molar-refractivity contribution in [3.63, 3.8) is 0 Å². The lowest BCUT2D eigenvalue weighted by Crippen LogP contribution is -2.09. The maximum absolute atomic E-state index is 12.2. The number of nitrogens with zero attached hydrogens (tertiary/aromatic N) is 4. The van der Waals surface area contributed by atoms with Crippen LogP contribution in [0.3, 0.4) is 0 Å². The lowest BCUT2D eigenvalue weighted by atomic mass is 9.93. The van der Waals surface area contributed by atoms with Gasteiger partial charge in [0.2, 0.25) is 5.95 Å². The van der Waals surface area contributed by atoms with Crippen LogP contribution >= 0.6 is 0 Å². The molecule has 1 N–H and O–H groups in total. The molecule has 0 aliphatic heterocycles. The van der Waals surface area contributed by atoms with Crippen LogP contribution in [0.15, 0.2) is 47.4 Å². The van der Waals surface area contributed by atoms with E-state index in [-0.39, 0.29) is 11.2 Å². The molecule has 4 rings (SSSR count). The van der Waals surface area contributed by atoms with Crippen molar-refractivity contribution in [3.05, 3.63) is 60.0 Å². The summed E-state index contributed by atoms with van der Waals surface area (Å²) in [5.41, 5.74) is 3.42. The van der Waals surface area contributed by atoms with Gasteiger partial charge in [-0.2, -0.15) is 0 Å². The highest BCUT2D eigenvalue weighted by molar-refractivity contribution is 5.93. The fraction of sp³-hybridized carbons (Fsp3) is 0.400. The zero-order valence-electron chi connectivity index (χ0n) is 18.8. The minimum absolute atomic E-state index is 0.0594. The monoisotopic (exact) mass is 431 g/mol. The van der Waals surface area contributed by atoms with Crippen LogP contribution in [0.2, 0.25) is 0 Å². The van der Waals surface area contributed by atoms with Gasteiger partial charge in [-0.1, -0.05) is 32.0 Å². The number of anilines is 1. The minimum Gasteiger partial charge on any atom is -0.361 e. The second kappa shape index (κ2) is 9.42. The zero-order chi connectivity index (χ0) is 22.6. The van der Waals surface area contributed by atoms with Gasteiger partial charge in [0.15, 0.2) is 5.78 Å². The maximum Gasteiger partial charge on any atom is 0.222 e. The molecule has 0 unspecified atom stereocenters. The third-order valence-electron chi connectivity index (χ3n) is 5.28. The van der Waals surface area contributed by atoms with Crippen LogP contribution in [0.1, 0.15) is 63.6 Å². The largest absolute Gasteiger partial charge is 0.361 e. The number of carbonyl (C=O) groups excluding carboxylic acids is 1. The lowest BCUT2D eigenvalue weighted by Gasteiger charge is -2.12. The van der Waals surface area contributed by atoms with E-state index >= 15 is 0 Å². The Bertz CT molecular complexity index is 1070. The van der Waals surface area contributed by atoms with Gasteiger partial charge in [-0.3, -0.25) is 9.78 Å². The molecule has 3 aromatic rings. The van der Waals surface area contributed by atoms with Crippen molar-refractivity contribution in [1.29, 1.82) is 0 Å². The van der Waals surface area contributed by atoms with Crippen LogP contribution < -0.4 is 5.32 Å². The first-order valence-electron chi connectivity index (χ1n) is 11.1. The van der Waals surface area contributed by atoms with E-state index in [0.29, 0.717) is 18.4 Å². The Kier molecular flexibility index (Phi) is 6.44. The molecule has 3 heterocycles. The Morgan fingerprint density at radius 1 is 1.12 bits per heavy atom. The van der Waals surface area contributed by atoms with Gasteiger partial charge in [0, 0.05) is 53.7 Å². The van der Waals surface area contributed by atoms with E-state index in [1.165, 1.54) is 12.8 Å². The summed E-state index contributed by atoms with van der Waals surface area (Å²) in [6, 6.07) is 6.36. The number of hydrogen-bond acceptors (Lipinski definition) is 7. The summed E-state index contributed by atoms with van der Waals surface area (Å²) in [7, 11) is 0. The van der Waals surface area contributed by atoms with Gasteiger partial charge < -0.3 is 9.84 Å². The summed E-state index contributed by atoms with van der Waals surface area (Å²) in [6.45, 7) is 6.26. The Morgan fingerprint density at radius 3 is 2.50 bits per heavy atom. The van der Waals surface area contributed by atoms with Gasteiger partial charge in [0.1, 0.15) is 5.76 Å². The minimum atomic E-state index is -0.0594. The lowest BCUT2D eigenvalue weighted by molar-refractivity contribution is -0.114. The van der Waals surface area contributed by atoms with Crippen molar-refractivity contribution in [2.24, 2.45) is 0 Å². The molecule has 32 heavy (non-hydrogen) atoms. The number of aromatic nitrogens is 4. The number of allylic oxidation sites excluding steroid dienone is 1. The molecule has 3 aromatic heterocycles. The zero-order valence-corrected chi connectivity index (χ0v) is 18.8. The molecule has 0 saturated heterocycles. The summed E-state index contributed by atoms with van der Waals surface area (Å²) < 4.78 is 5.39. The van der Waals surface area contributed by atoms with Gasteiger partial charge in [-0.25, -0.2) is 9.97 Å². The molecule has 1 fully saturated rings. The Hall–Kier alpha value is -3.35. The molecule has 0 amide bonds. The Morgan fingerprint density at radius 2 is 1.88 bits per heavy atom. The first kappa shape index (κ1) is 21.9. The van der Waals surface area contributed by atoms with Crippen LogP contribution in [0.25, 0.3) is 17.2 Å². The van der Waals surface area contributed by atoms with Gasteiger partial charge >= 0.3 is 0 Å². The Labute approximate surface area is 188 Å². The van der Waals surface area contributed by atoms with Crippen LogP contribution in [-0.4, -0.2) is 31.9 Å². The van der Waals surface area contributed by atoms with E-state index in [4.69, 9.17) is 4.52 Å².